The first kappa shape index (κ1) is 8.97. The molecule has 0 bridgehead atoms. The largest absolute Gasteiger partial charge is 0.398 e. The van der Waals surface area contributed by atoms with Gasteiger partial charge in [-0.15, -0.1) is 0 Å². The summed E-state index contributed by atoms with van der Waals surface area (Å²) in [6.07, 6.45) is 3.96. The number of anilines is 1. The number of nitrogen functional groups attached to an aromatic ring is 1. The van der Waals surface area contributed by atoms with Crippen LogP contribution in [0.15, 0.2) is 54.9 Å². The minimum atomic E-state index is 0.755. The number of fused-ring (bicyclic) bond motifs is 1. The van der Waals surface area contributed by atoms with Crippen molar-refractivity contribution in [3.05, 3.63) is 54.9 Å². The molecule has 16 heavy (non-hydrogen) atoms. The smallest absolute Gasteiger partial charge is 0.137 e. The van der Waals surface area contributed by atoms with Crippen molar-refractivity contribution < 1.29 is 0 Å². The topological polar surface area (TPSA) is 43.3 Å². The van der Waals surface area contributed by atoms with E-state index in [4.69, 9.17) is 5.73 Å². The molecule has 0 amide bonds. The van der Waals surface area contributed by atoms with Crippen LogP contribution < -0.4 is 5.73 Å². The lowest BCUT2D eigenvalue weighted by atomic mass is 10.1. The highest BCUT2D eigenvalue weighted by Gasteiger charge is 2.05. The van der Waals surface area contributed by atoms with Crippen LogP contribution >= 0.6 is 0 Å². The molecule has 2 aromatic heterocycles. The average molecular weight is 209 g/mol. The second kappa shape index (κ2) is 3.38. The van der Waals surface area contributed by atoms with Crippen LogP contribution in [0.1, 0.15) is 0 Å². The summed E-state index contributed by atoms with van der Waals surface area (Å²) in [5.41, 5.74) is 9.50. The molecule has 3 nitrogen and oxygen atoms in total. The van der Waals surface area contributed by atoms with E-state index in [9.17, 15) is 0 Å². The third-order valence-electron chi connectivity index (χ3n) is 2.60. The number of para-hydroxylation sites is 1. The van der Waals surface area contributed by atoms with Gasteiger partial charge in [-0.2, -0.15) is 0 Å². The van der Waals surface area contributed by atoms with Gasteiger partial charge < -0.3 is 10.1 Å². The van der Waals surface area contributed by atoms with E-state index in [0.717, 1.165) is 22.6 Å². The van der Waals surface area contributed by atoms with Crippen molar-refractivity contribution in [2.45, 2.75) is 0 Å². The zero-order chi connectivity index (χ0) is 11.0. The molecule has 0 fully saturated rings. The third-order valence-corrected chi connectivity index (χ3v) is 2.60. The number of pyridine rings is 1. The Labute approximate surface area is 93.2 Å². The quantitative estimate of drug-likeness (QED) is 0.626. The number of hydrogen-bond donors (Lipinski definition) is 1. The summed E-state index contributed by atoms with van der Waals surface area (Å²) in [6, 6.07) is 13.7. The van der Waals surface area contributed by atoms with Crippen molar-refractivity contribution in [2.75, 3.05) is 5.73 Å². The van der Waals surface area contributed by atoms with E-state index in [1.807, 2.05) is 59.3 Å². The standard InChI is InChI=1S/C13H11N3/c14-11-6-2-1-5-10(11)12-9-16-8-4-3-7-13(16)15-12/h1-9H,14H2. The minimum absolute atomic E-state index is 0.755. The molecule has 0 saturated carbocycles. The minimum Gasteiger partial charge on any atom is -0.398 e. The Morgan fingerprint density at radius 3 is 2.62 bits per heavy atom. The van der Waals surface area contributed by atoms with E-state index in [1.165, 1.54) is 0 Å². The second-order valence-corrected chi connectivity index (χ2v) is 3.68. The van der Waals surface area contributed by atoms with E-state index in [-0.39, 0.29) is 0 Å². The molecular formula is C13H11N3. The highest BCUT2D eigenvalue weighted by atomic mass is 15.0. The number of nitrogens with two attached hydrogens (primary N) is 1. The molecule has 0 unspecified atom stereocenters. The second-order valence-electron chi connectivity index (χ2n) is 3.68. The summed E-state index contributed by atoms with van der Waals surface area (Å²) in [5.74, 6) is 0. The molecule has 0 aliphatic carbocycles. The first-order chi connectivity index (χ1) is 7.84. The molecular weight excluding hydrogens is 198 g/mol. The van der Waals surface area contributed by atoms with Crippen LogP contribution in [0.25, 0.3) is 16.9 Å². The van der Waals surface area contributed by atoms with Crippen molar-refractivity contribution in [2.24, 2.45) is 0 Å². The summed E-state index contributed by atoms with van der Waals surface area (Å²) in [6.45, 7) is 0. The van der Waals surface area contributed by atoms with Gasteiger partial charge in [-0.25, -0.2) is 4.98 Å². The molecule has 0 radical (unpaired) electrons. The Kier molecular flexibility index (Phi) is 1.90. The van der Waals surface area contributed by atoms with E-state index in [0.29, 0.717) is 0 Å². The lowest BCUT2D eigenvalue weighted by Crippen LogP contribution is -1.88. The number of rotatable bonds is 1. The van der Waals surface area contributed by atoms with Crippen LogP contribution in [0.4, 0.5) is 5.69 Å². The molecule has 2 heterocycles. The molecule has 0 saturated heterocycles. The predicted octanol–water partition coefficient (Wildman–Crippen LogP) is 2.58. The lowest BCUT2D eigenvalue weighted by molar-refractivity contribution is 1.19. The number of hydrogen-bond acceptors (Lipinski definition) is 2. The molecule has 0 aliphatic rings. The zero-order valence-electron chi connectivity index (χ0n) is 8.67. The van der Waals surface area contributed by atoms with E-state index in [2.05, 4.69) is 4.98 Å². The van der Waals surface area contributed by atoms with Crippen molar-refractivity contribution in [3.8, 4) is 11.3 Å². The van der Waals surface area contributed by atoms with E-state index >= 15 is 0 Å². The number of benzene rings is 1. The molecule has 3 aromatic rings. The number of imidazole rings is 1. The Balaban J connectivity index is 2.23. The van der Waals surface area contributed by atoms with Crippen LogP contribution in [0, 0.1) is 0 Å². The van der Waals surface area contributed by atoms with E-state index < -0.39 is 0 Å². The van der Waals surface area contributed by atoms with Gasteiger partial charge in [0.05, 0.1) is 5.69 Å². The maximum Gasteiger partial charge on any atom is 0.137 e. The van der Waals surface area contributed by atoms with Gasteiger partial charge in [-0.3, -0.25) is 0 Å². The van der Waals surface area contributed by atoms with Crippen molar-refractivity contribution >= 4 is 11.3 Å². The molecule has 0 spiro atoms. The van der Waals surface area contributed by atoms with Crippen molar-refractivity contribution in [1.82, 2.24) is 9.38 Å². The Morgan fingerprint density at radius 2 is 1.81 bits per heavy atom. The Bertz CT molecular complexity index is 607. The van der Waals surface area contributed by atoms with Gasteiger partial charge in [0.1, 0.15) is 5.65 Å². The number of nitrogens with zero attached hydrogens (tertiary/aromatic N) is 2. The van der Waals surface area contributed by atoms with E-state index in [1.54, 1.807) is 0 Å². The summed E-state index contributed by atoms with van der Waals surface area (Å²) in [7, 11) is 0. The molecule has 1 aromatic carbocycles. The highest BCUT2D eigenvalue weighted by Crippen LogP contribution is 2.24. The first-order valence-corrected chi connectivity index (χ1v) is 5.13. The average Bonchev–Trinajstić information content (AvgIpc) is 2.73. The molecule has 78 valence electrons. The Morgan fingerprint density at radius 1 is 1.00 bits per heavy atom. The van der Waals surface area contributed by atoms with Crippen LogP contribution in [-0.2, 0) is 0 Å². The van der Waals surface area contributed by atoms with Gasteiger partial charge in [-0.1, -0.05) is 24.3 Å². The summed E-state index contributed by atoms with van der Waals surface area (Å²) >= 11 is 0. The maximum absolute atomic E-state index is 5.93. The summed E-state index contributed by atoms with van der Waals surface area (Å²) in [4.78, 5) is 4.53. The monoisotopic (exact) mass is 209 g/mol. The number of aromatic nitrogens is 2. The van der Waals surface area contributed by atoms with Crippen LogP contribution in [0.3, 0.4) is 0 Å². The SMILES string of the molecule is Nc1ccccc1-c1cn2ccccc2n1. The fourth-order valence-corrected chi connectivity index (χ4v) is 1.79. The molecule has 0 atom stereocenters. The van der Waals surface area contributed by atoms with Crippen LogP contribution in [0.2, 0.25) is 0 Å². The normalized spacial score (nSPS) is 10.8. The van der Waals surface area contributed by atoms with Crippen molar-refractivity contribution in [1.29, 1.82) is 0 Å². The Hall–Kier alpha value is -2.29. The van der Waals surface area contributed by atoms with Gasteiger partial charge in [0.2, 0.25) is 0 Å². The molecule has 2 N–H and O–H groups in total. The van der Waals surface area contributed by atoms with Gasteiger partial charge in [-0.05, 0) is 18.2 Å². The van der Waals surface area contributed by atoms with Crippen LogP contribution in [0.5, 0.6) is 0 Å². The molecule has 0 aliphatic heterocycles. The summed E-state index contributed by atoms with van der Waals surface area (Å²) in [5, 5.41) is 0. The zero-order valence-corrected chi connectivity index (χ0v) is 8.67. The third kappa shape index (κ3) is 1.34. The maximum atomic E-state index is 5.93. The molecule has 3 heteroatoms. The summed E-state index contributed by atoms with van der Waals surface area (Å²) < 4.78 is 1.99. The van der Waals surface area contributed by atoms with Gasteiger partial charge in [0.15, 0.2) is 0 Å². The van der Waals surface area contributed by atoms with Gasteiger partial charge >= 0.3 is 0 Å². The fourth-order valence-electron chi connectivity index (χ4n) is 1.79. The lowest BCUT2D eigenvalue weighted by Gasteiger charge is -1.99. The molecule has 3 rings (SSSR count). The predicted molar refractivity (Wildman–Crippen MR) is 65.0 cm³/mol. The highest BCUT2D eigenvalue weighted by molar-refractivity contribution is 5.74. The van der Waals surface area contributed by atoms with Gasteiger partial charge in [0, 0.05) is 23.6 Å². The van der Waals surface area contributed by atoms with Gasteiger partial charge in [0.25, 0.3) is 0 Å². The van der Waals surface area contributed by atoms with Crippen LogP contribution in [-0.4, -0.2) is 9.38 Å². The first-order valence-electron chi connectivity index (χ1n) is 5.13. The fraction of sp³-hybridized carbons (Fsp3) is 0. The van der Waals surface area contributed by atoms with Crippen molar-refractivity contribution in [3.63, 3.8) is 0 Å².